The van der Waals surface area contributed by atoms with E-state index in [2.05, 4.69) is 10.1 Å². The largest absolute Gasteiger partial charge is 0.450 e. The van der Waals surface area contributed by atoms with Gasteiger partial charge in [0.05, 0.1) is 17.3 Å². The van der Waals surface area contributed by atoms with Crippen molar-refractivity contribution in [2.45, 2.75) is 38.3 Å². The highest BCUT2D eigenvalue weighted by atomic mass is 35.5. The Morgan fingerprint density at radius 3 is 2.75 bits per heavy atom. The van der Waals surface area contributed by atoms with Gasteiger partial charge in [-0.15, -0.1) is 11.6 Å². The third kappa shape index (κ3) is 3.10. The molecule has 1 aliphatic carbocycles. The van der Waals surface area contributed by atoms with Crippen molar-refractivity contribution < 1.29 is 9.53 Å². The molecule has 0 saturated carbocycles. The predicted molar refractivity (Wildman–Crippen MR) is 76.2 cm³/mol. The first-order chi connectivity index (χ1) is 9.33. The van der Waals surface area contributed by atoms with Gasteiger partial charge in [0.25, 0.3) is 0 Å². The van der Waals surface area contributed by atoms with Crippen LogP contribution >= 0.6 is 11.6 Å². The third-order valence-electron chi connectivity index (χ3n) is 3.01. The van der Waals surface area contributed by atoms with Crippen LogP contribution in [0.2, 0.25) is 0 Å². The standard InChI is InChI=1S/C14H18ClN3O2/c1-13(2,3)12(19)20-14(7-5-4-6-11(14)15)8-18-10-16-9-17-18/h4-7,9-11H,8H2,1-3H3. The predicted octanol–water partition coefficient (Wildman–Crippen LogP) is 2.34. The molecule has 0 spiro atoms. The van der Waals surface area contributed by atoms with E-state index in [0.717, 1.165) is 0 Å². The number of esters is 1. The number of hydrogen-bond acceptors (Lipinski definition) is 4. The number of hydrogen-bond donors (Lipinski definition) is 0. The first kappa shape index (κ1) is 14.8. The van der Waals surface area contributed by atoms with Gasteiger partial charge in [0.15, 0.2) is 5.60 Å². The SMILES string of the molecule is CC(C)(C)C(=O)OC1(Cn2cncn2)C=CC=CC1Cl. The van der Waals surface area contributed by atoms with Crippen LogP contribution in [0.4, 0.5) is 0 Å². The van der Waals surface area contributed by atoms with Gasteiger partial charge in [-0.25, -0.2) is 9.67 Å². The molecule has 5 nitrogen and oxygen atoms in total. The zero-order chi connectivity index (χ0) is 14.8. The molecule has 0 radical (unpaired) electrons. The number of ether oxygens (including phenoxy) is 1. The third-order valence-corrected chi connectivity index (χ3v) is 3.52. The second-order valence-corrected chi connectivity index (χ2v) is 6.30. The van der Waals surface area contributed by atoms with E-state index in [1.165, 1.54) is 6.33 Å². The molecule has 0 saturated heterocycles. The molecular formula is C14H18ClN3O2. The molecule has 0 fully saturated rings. The maximum Gasteiger partial charge on any atom is 0.312 e. The maximum atomic E-state index is 12.2. The fourth-order valence-corrected chi connectivity index (χ4v) is 2.06. The van der Waals surface area contributed by atoms with Crippen molar-refractivity contribution in [3.63, 3.8) is 0 Å². The molecule has 2 unspecified atom stereocenters. The molecule has 6 heteroatoms. The molecule has 1 aromatic heterocycles. The minimum Gasteiger partial charge on any atom is -0.450 e. The Bertz CT molecular complexity index is 531. The Morgan fingerprint density at radius 1 is 1.45 bits per heavy atom. The van der Waals surface area contributed by atoms with E-state index in [1.807, 2.05) is 32.9 Å². The van der Waals surface area contributed by atoms with Crippen molar-refractivity contribution in [3.8, 4) is 0 Å². The van der Waals surface area contributed by atoms with Gasteiger partial charge in [0, 0.05) is 0 Å². The quantitative estimate of drug-likeness (QED) is 0.634. The van der Waals surface area contributed by atoms with Gasteiger partial charge in [-0.3, -0.25) is 4.79 Å². The van der Waals surface area contributed by atoms with Gasteiger partial charge >= 0.3 is 5.97 Å². The molecule has 1 aliphatic rings. The van der Waals surface area contributed by atoms with Gasteiger partial charge < -0.3 is 4.74 Å². The molecule has 0 aromatic carbocycles. The Labute approximate surface area is 123 Å². The Kier molecular flexibility index (Phi) is 3.99. The number of nitrogens with zero attached hydrogens (tertiary/aromatic N) is 3. The number of allylic oxidation sites excluding steroid dienone is 2. The number of carbonyl (C=O) groups excluding carboxylic acids is 1. The van der Waals surface area contributed by atoms with E-state index in [9.17, 15) is 4.79 Å². The van der Waals surface area contributed by atoms with E-state index in [0.29, 0.717) is 6.54 Å². The summed E-state index contributed by atoms with van der Waals surface area (Å²) < 4.78 is 7.34. The van der Waals surface area contributed by atoms with Gasteiger partial charge in [0.2, 0.25) is 0 Å². The Hall–Kier alpha value is -1.62. The van der Waals surface area contributed by atoms with Gasteiger partial charge in [-0.2, -0.15) is 5.10 Å². The smallest absolute Gasteiger partial charge is 0.312 e. The summed E-state index contributed by atoms with van der Waals surface area (Å²) >= 11 is 6.37. The van der Waals surface area contributed by atoms with Gasteiger partial charge in [0.1, 0.15) is 12.7 Å². The van der Waals surface area contributed by atoms with Crippen molar-refractivity contribution in [2.75, 3.05) is 0 Å². The summed E-state index contributed by atoms with van der Waals surface area (Å²) in [6.45, 7) is 5.75. The number of halogens is 1. The molecule has 0 amide bonds. The number of aromatic nitrogens is 3. The minimum atomic E-state index is -0.950. The first-order valence-corrected chi connectivity index (χ1v) is 6.83. The van der Waals surface area contributed by atoms with Crippen LogP contribution in [-0.2, 0) is 16.1 Å². The Morgan fingerprint density at radius 2 is 2.20 bits per heavy atom. The van der Waals surface area contributed by atoms with Crippen LogP contribution in [0.1, 0.15) is 20.8 Å². The van der Waals surface area contributed by atoms with E-state index in [4.69, 9.17) is 16.3 Å². The molecule has 108 valence electrons. The summed E-state index contributed by atoms with van der Waals surface area (Å²) in [4.78, 5) is 16.1. The molecule has 0 N–H and O–H groups in total. The summed E-state index contributed by atoms with van der Waals surface area (Å²) in [5.74, 6) is -0.303. The zero-order valence-corrected chi connectivity index (χ0v) is 12.5. The molecule has 2 atom stereocenters. The summed E-state index contributed by atoms with van der Waals surface area (Å²) in [5.41, 5.74) is -1.55. The molecule has 1 aromatic rings. The summed E-state index contributed by atoms with van der Waals surface area (Å²) in [5, 5.41) is 3.60. The summed E-state index contributed by atoms with van der Waals surface area (Å²) in [7, 11) is 0. The van der Waals surface area contributed by atoms with Crippen LogP contribution in [0, 0.1) is 5.41 Å². The van der Waals surface area contributed by atoms with Crippen LogP contribution in [0.15, 0.2) is 37.0 Å². The van der Waals surface area contributed by atoms with Crippen molar-refractivity contribution in [3.05, 3.63) is 37.0 Å². The van der Waals surface area contributed by atoms with Crippen molar-refractivity contribution in [2.24, 2.45) is 5.41 Å². The topological polar surface area (TPSA) is 57.0 Å². The van der Waals surface area contributed by atoms with Crippen LogP contribution < -0.4 is 0 Å². The van der Waals surface area contributed by atoms with E-state index in [-0.39, 0.29) is 5.97 Å². The van der Waals surface area contributed by atoms with Crippen LogP contribution in [0.25, 0.3) is 0 Å². The number of alkyl halides is 1. The maximum absolute atomic E-state index is 12.2. The lowest BCUT2D eigenvalue weighted by Crippen LogP contribution is -2.48. The van der Waals surface area contributed by atoms with Crippen molar-refractivity contribution >= 4 is 17.6 Å². The summed E-state index contributed by atoms with van der Waals surface area (Å²) in [6.07, 6.45) is 10.3. The lowest BCUT2D eigenvalue weighted by molar-refractivity contribution is -0.165. The highest BCUT2D eigenvalue weighted by Gasteiger charge is 2.42. The monoisotopic (exact) mass is 295 g/mol. The minimum absolute atomic E-state index is 0.303. The van der Waals surface area contributed by atoms with Crippen LogP contribution in [0.5, 0.6) is 0 Å². The van der Waals surface area contributed by atoms with E-state index < -0.39 is 16.4 Å². The second kappa shape index (κ2) is 5.40. The highest BCUT2D eigenvalue weighted by Crippen LogP contribution is 2.32. The molecule has 0 bridgehead atoms. The molecular weight excluding hydrogens is 278 g/mol. The average molecular weight is 296 g/mol. The van der Waals surface area contributed by atoms with Gasteiger partial charge in [-0.1, -0.05) is 18.2 Å². The van der Waals surface area contributed by atoms with Crippen LogP contribution in [0.3, 0.4) is 0 Å². The van der Waals surface area contributed by atoms with Gasteiger partial charge in [-0.05, 0) is 26.8 Å². The number of carbonyl (C=O) groups is 1. The average Bonchev–Trinajstić information content (AvgIpc) is 2.84. The molecule has 1 heterocycles. The zero-order valence-electron chi connectivity index (χ0n) is 11.8. The second-order valence-electron chi connectivity index (χ2n) is 5.83. The van der Waals surface area contributed by atoms with Crippen LogP contribution in [-0.4, -0.2) is 31.7 Å². The first-order valence-electron chi connectivity index (χ1n) is 6.39. The lowest BCUT2D eigenvalue weighted by atomic mass is 9.92. The molecule has 2 rings (SSSR count). The van der Waals surface area contributed by atoms with E-state index in [1.54, 1.807) is 23.2 Å². The molecule has 0 aliphatic heterocycles. The van der Waals surface area contributed by atoms with E-state index >= 15 is 0 Å². The summed E-state index contributed by atoms with van der Waals surface area (Å²) in [6, 6.07) is 0. The number of rotatable bonds is 3. The van der Waals surface area contributed by atoms with Crippen molar-refractivity contribution in [1.29, 1.82) is 0 Å². The highest BCUT2D eigenvalue weighted by molar-refractivity contribution is 6.23. The normalized spacial score (nSPS) is 25.7. The Balaban J connectivity index is 2.27. The fraction of sp³-hybridized carbons (Fsp3) is 0.500. The van der Waals surface area contributed by atoms with Crippen molar-refractivity contribution in [1.82, 2.24) is 14.8 Å². The fourth-order valence-electron chi connectivity index (χ4n) is 1.79. The molecule has 20 heavy (non-hydrogen) atoms. The lowest BCUT2D eigenvalue weighted by Gasteiger charge is -2.36.